The number of aromatic carboxylic acids is 1. The number of fused-ring (bicyclic) bond motifs is 2. The predicted molar refractivity (Wildman–Crippen MR) is 102 cm³/mol. The van der Waals surface area contributed by atoms with Crippen molar-refractivity contribution in [3.63, 3.8) is 0 Å². The first-order valence-electron chi connectivity index (χ1n) is 9.28. The highest BCUT2D eigenvalue weighted by atomic mass is 35.5. The molecule has 0 bridgehead atoms. The molecule has 3 fully saturated rings. The van der Waals surface area contributed by atoms with E-state index < -0.39 is 17.2 Å². The highest BCUT2D eigenvalue weighted by molar-refractivity contribution is 6.38. The minimum Gasteiger partial charge on any atom is -0.477 e. The van der Waals surface area contributed by atoms with Crippen LogP contribution in [0.1, 0.15) is 29.2 Å². The second-order valence-corrected chi connectivity index (χ2v) is 8.20. The van der Waals surface area contributed by atoms with Crippen LogP contribution in [0.25, 0.3) is 10.9 Å². The summed E-state index contributed by atoms with van der Waals surface area (Å²) in [4.78, 5) is 26.0. The van der Waals surface area contributed by atoms with Crippen molar-refractivity contribution in [3.05, 3.63) is 38.9 Å². The van der Waals surface area contributed by atoms with Crippen LogP contribution in [-0.2, 0) is 4.74 Å². The Hall–Kier alpha value is -2.16. The third-order valence-electron chi connectivity index (χ3n) is 6.09. The first-order valence-corrected chi connectivity index (χ1v) is 9.66. The molecule has 3 heterocycles. The Bertz CT molecular complexity index is 1070. The third-order valence-corrected chi connectivity index (χ3v) is 6.45. The Morgan fingerprint density at radius 3 is 2.79 bits per heavy atom. The fraction of sp³-hybridized carbons (Fsp3) is 0.474. The van der Waals surface area contributed by atoms with E-state index in [9.17, 15) is 14.7 Å². The van der Waals surface area contributed by atoms with Crippen LogP contribution in [0.3, 0.4) is 0 Å². The minimum absolute atomic E-state index is 0.0132. The van der Waals surface area contributed by atoms with Crippen molar-refractivity contribution in [2.75, 3.05) is 24.7 Å². The molecule has 148 valence electrons. The van der Waals surface area contributed by atoms with Gasteiger partial charge in [0.2, 0.25) is 5.43 Å². The van der Waals surface area contributed by atoms with E-state index in [2.05, 4.69) is 0 Å². The number of carboxylic acids is 1. The molecule has 2 aromatic rings. The summed E-state index contributed by atoms with van der Waals surface area (Å²) < 4.78 is 22.4. The standard InChI is InChI=1S/C19H19ClFN3O4/c20-15-16-9(18(25)10(19(26)27)4-23(16)8-1-2-8)3-12(21)17(15)24-5-13(22)11-6-28-7-14(11)24/h3-4,8,11,13-14H,1-2,5-7,22H2,(H,26,27). The van der Waals surface area contributed by atoms with Crippen molar-refractivity contribution in [1.82, 2.24) is 4.57 Å². The van der Waals surface area contributed by atoms with E-state index in [0.717, 1.165) is 18.9 Å². The molecule has 2 saturated heterocycles. The SMILES string of the molecule is NC1CN(c2c(F)cc3c(=O)c(C(=O)O)cn(C4CC4)c3c2Cl)C2COCC12. The molecule has 1 aromatic heterocycles. The molecule has 1 saturated carbocycles. The van der Waals surface area contributed by atoms with Gasteiger partial charge in [0.05, 0.1) is 40.9 Å². The van der Waals surface area contributed by atoms with E-state index >= 15 is 4.39 Å². The average Bonchev–Trinajstić information content (AvgIpc) is 3.28. The molecular weight excluding hydrogens is 389 g/mol. The van der Waals surface area contributed by atoms with Gasteiger partial charge < -0.3 is 25.0 Å². The molecule has 2 aliphatic heterocycles. The normalized spacial score (nSPS) is 26.8. The largest absolute Gasteiger partial charge is 0.477 e. The zero-order valence-corrected chi connectivity index (χ0v) is 15.7. The molecular formula is C19H19ClFN3O4. The lowest BCUT2D eigenvalue weighted by Crippen LogP contribution is -2.34. The van der Waals surface area contributed by atoms with Gasteiger partial charge in [0.1, 0.15) is 11.4 Å². The lowest BCUT2D eigenvalue weighted by atomic mass is 10.0. The van der Waals surface area contributed by atoms with Crippen LogP contribution in [0.5, 0.6) is 0 Å². The topological polar surface area (TPSA) is 97.8 Å². The Balaban J connectivity index is 1.77. The molecule has 3 atom stereocenters. The lowest BCUT2D eigenvalue weighted by molar-refractivity contribution is 0.0695. The molecule has 3 unspecified atom stereocenters. The van der Waals surface area contributed by atoms with Gasteiger partial charge in [0.25, 0.3) is 0 Å². The van der Waals surface area contributed by atoms with Gasteiger partial charge in [0.15, 0.2) is 0 Å². The number of ether oxygens (including phenoxy) is 1. The van der Waals surface area contributed by atoms with Gasteiger partial charge in [-0.05, 0) is 18.9 Å². The zero-order chi connectivity index (χ0) is 19.7. The Kier molecular flexibility index (Phi) is 3.94. The van der Waals surface area contributed by atoms with Crippen LogP contribution >= 0.6 is 11.6 Å². The summed E-state index contributed by atoms with van der Waals surface area (Å²) in [6.07, 6.45) is 3.04. The van der Waals surface area contributed by atoms with Crippen LogP contribution in [-0.4, -0.2) is 47.5 Å². The second kappa shape index (κ2) is 6.17. The molecule has 3 aliphatic rings. The summed E-state index contributed by atoms with van der Waals surface area (Å²) in [6.45, 7) is 1.42. The van der Waals surface area contributed by atoms with Crippen molar-refractivity contribution < 1.29 is 19.0 Å². The van der Waals surface area contributed by atoms with Crippen molar-refractivity contribution >= 4 is 34.2 Å². The number of carbonyl (C=O) groups is 1. The number of nitrogens with zero attached hydrogens (tertiary/aromatic N) is 2. The van der Waals surface area contributed by atoms with E-state index in [-0.39, 0.29) is 45.7 Å². The smallest absolute Gasteiger partial charge is 0.341 e. The van der Waals surface area contributed by atoms with Crippen LogP contribution < -0.4 is 16.1 Å². The van der Waals surface area contributed by atoms with Crippen molar-refractivity contribution in [3.8, 4) is 0 Å². The maximum Gasteiger partial charge on any atom is 0.341 e. The Labute approximate surface area is 164 Å². The monoisotopic (exact) mass is 407 g/mol. The van der Waals surface area contributed by atoms with Gasteiger partial charge in [-0.25, -0.2) is 9.18 Å². The number of hydrogen-bond donors (Lipinski definition) is 2. The van der Waals surface area contributed by atoms with E-state index in [1.54, 1.807) is 4.57 Å². The number of rotatable bonds is 3. The van der Waals surface area contributed by atoms with E-state index in [1.165, 1.54) is 6.20 Å². The predicted octanol–water partition coefficient (Wildman–Crippen LogP) is 1.99. The van der Waals surface area contributed by atoms with Gasteiger partial charge in [-0.1, -0.05) is 11.6 Å². The fourth-order valence-electron chi connectivity index (χ4n) is 4.53. The first-order chi connectivity index (χ1) is 13.4. The number of benzene rings is 1. The summed E-state index contributed by atoms with van der Waals surface area (Å²) in [5, 5.41) is 9.48. The number of anilines is 1. The Morgan fingerprint density at radius 1 is 1.36 bits per heavy atom. The van der Waals surface area contributed by atoms with Gasteiger partial charge in [0, 0.05) is 30.7 Å². The number of pyridine rings is 1. The summed E-state index contributed by atoms with van der Waals surface area (Å²) >= 11 is 6.68. The summed E-state index contributed by atoms with van der Waals surface area (Å²) in [7, 11) is 0. The molecule has 1 aromatic carbocycles. The molecule has 0 spiro atoms. The maximum absolute atomic E-state index is 15.2. The number of aromatic nitrogens is 1. The molecule has 0 radical (unpaired) electrons. The van der Waals surface area contributed by atoms with E-state index in [1.807, 2.05) is 4.90 Å². The first kappa shape index (κ1) is 17.9. The second-order valence-electron chi connectivity index (χ2n) is 7.82. The molecule has 9 heteroatoms. The lowest BCUT2D eigenvalue weighted by Gasteiger charge is -2.27. The summed E-state index contributed by atoms with van der Waals surface area (Å²) in [5.41, 5.74) is 5.70. The van der Waals surface area contributed by atoms with Gasteiger partial charge in [-0.15, -0.1) is 0 Å². The number of halogens is 2. The molecule has 5 rings (SSSR count). The van der Waals surface area contributed by atoms with Crippen LogP contribution in [0.15, 0.2) is 17.1 Å². The molecule has 28 heavy (non-hydrogen) atoms. The highest BCUT2D eigenvalue weighted by Crippen LogP contribution is 2.44. The van der Waals surface area contributed by atoms with E-state index in [0.29, 0.717) is 25.3 Å². The number of hydrogen-bond acceptors (Lipinski definition) is 5. The average molecular weight is 408 g/mol. The maximum atomic E-state index is 15.2. The van der Waals surface area contributed by atoms with Gasteiger partial charge in [-0.2, -0.15) is 0 Å². The van der Waals surface area contributed by atoms with E-state index in [4.69, 9.17) is 22.1 Å². The fourth-order valence-corrected chi connectivity index (χ4v) is 4.93. The van der Waals surface area contributed by atoms with Crippen molar-refractivity contribution in [2.45, 2.75) is 31.0 Å². The molecule has 7 nitrogen and oxygen atoms in total. The Morgan fingerprint density at radius 2 is 2.11 bits per heavy atom. The summed E-state index contributed by atoms with van der Waals surface area (Å²) in [6, 6.07) is 0.941. The zero-order valence-electron chi connectivity index (χ0n) is 14.9. The van der Waals surface area contributed by atoms with Crippen LogP contribution in [0, 0.1) is 11.7 Å². The molecule has 0 amide bonds. The van der Waals surface area contributed by atoms with Crippen LogP contribution in [0.4, 0.5) is 10.1 Å². The van der Waals surface area contributed by atoms with Crippen LogP contribution in [0.2, 0.25) is 5.02 Å². The molecule has 1 aliphatic carbocycles. The van der Waals surface area contributed by atoms with Crippen molar-refractivity contribution in [1.29, 1.82) is 0 Å². The number of carboxylic acid groups (broad SMARTS) is 1. The van der Waals surface area contributed by atoms with Crippen molar-refractivity contribution in [2.24, 2.45) is 11.7 Å². The quantitative estimate of drug-likeness (QED) is 0.807. The number of nitrogens with two attached hydrogens (primary N) is 1. The third kappa shape index (κ3) is 2.48. The van der Waals surface area contributed by atoms with Gasteiger partial charge in [-0.3, -0.25) is 4.79 Å². The molecule has 3 N–H and O–H groups in total. The highest BCUT2D eigenvalue weighted by Gasteiger charge is 2.45. The minimum atomic E-state index is -1.33. The van der Waals surface area contributed by atoms with Gasteiger partial charge >= 0.3 is 5.97 Å². The summed E-state index contributed by atoms with van der Waals surface area (Å²) in [5.74, 6) is -1.89.